The molecule has 1 aliphatic heterocycles. The van der Waals surface area contributed by atoms with Gasteiger partial charge in [0.1, 0.15) is 17.5 Å². The normalized spacial score (nSPS) is 27.0. The minimum Gasteiger partial charge on any atom is -0.498 e. The van der Waals surface area contributed by atoms with Crippen molar-refractivity contribution in [3.8, 4) is 11.8 Å². The number of hydrogen-bond donors (Lipinski definition) is 3. The van der Waals surface area contributed by atoms with Crippen molar-refractivity contribution in [2.45, 2.75) is 195 Å². The van der Waals surface area contributed by atoms with Crippen LogP contribution in [-0.2, 0) is 14.3 Å². The Morgan fingerprint density at radius 2 is 1.47 bits per heavy atom. The summed E-state index contributed by atoms with van der Waals surface area (Å²) in [6, 6.07) is 0. The lowest BCUT2D eigenvalue weighted by Crippen LogP contribution is -2.65. The van der Waals surface area contributed by atoms with Gasteiger partial charge in [0.15, 0.2) is 0 Å². The average Bonchev–Trinajstić information content (AvgIpc) is 3.49. The van der Waals surface area contributed by atoms with Crippen molar-refractivity contribution >= 4 is 5.97 Å². The van der Waals surface area contributed by atoms with Crippen molar-refractivity contribution < 1.29 is 29.6 Å². The minimum absolute atomic E-state index is 0.0359. The van der Waals surface area contributed by atoms with Gasteiger partial charge in [0.05, 0.1) is 23.5 Å². The molecule has 6 heteroatoms. The van der Waals surface area contributed by atoms with E-state index in [1.165, 1.54) is 107 Å². The zero-order valence-electron chi connectivity index (χ0n) is 38.2. The summed E-state index contributed by atoms with van der Waals surface area (Å²) in [6.07, 6.45) is 41.5. The first-order valence-corrected chi connectivity index (χ1v) is 22.6. The van der Waals surface area contributed by atoms with Crippen molar-refractivity contribution in [3.63, 3.8) is 0 Å². The molecule has 0 amide bonds. The number of aliphatic hydroxyl groups is 3. The van der Waals surface area contributed by atoms with E-state index < -0.39 is 28.7 Å². The van der Waals surface area contributed by atoms with Crippen LogP contribution in [0.2, 0.25) is 0 Å². The second-order valence-electron chi connectivity index (χ2n) is 18.9. The van der Waals surface area contributed by atoms with Crippen molar-refractivity contribution in [2.75, 3.05) is 0 Å². The zero-order chi connectivity index (χ0) is 43.5. The van der Waals surface area contributed by atoms with Crippen molar-refractivity contribution in [1.29, 1.82) is 0 Å². The maximum atomic E-state index is 12.6. The summed E-state index contributed by atoms with van der Waals surface area (Å²) in [6.45, 7) is 18.1. The van der Waals surface area contributed by atoms with Crippen LogP contribution in [0.25, 0.3) is 0 Å². The SMILES string of the molecule is CCCCCCCCCCCCCC/C=C/O[C@@H]1CC(C)=C(C#C/C(C)=C/C=C/C=C/C=C(C)/C=C2C=C(/C=C/[C@@]3(O)C(C)(C)C[C@H](O)C[C@@]3(C)O)C(=O)O/2)C(C)(C)C1. The van der Waals surface area contributed by atoms with Gasteiger partial charge in [0.2, 0.25) is 0 Å². The zero-order valence-corrected chi connectivity index (χ0v) is 38.2. The van der Waals surface area contributed by atoms with Crippen molar-refractivity contribution in [1.82, 2.24) is 0 Å². The predicted octanol–water partition coefficient (Wildman–Crippen LogP) is 12.7. The standard InChI is InChI=1S/C53H78O6/c1-10-11-12-13-14-15-16-17-18-19-20-21-24-27-34-58-47-36-43(4)48(50(5,6)40-47)31-30-41(2)28-25-22-23-26-29-42(3)35-46-37-44(49(55)59-46)32-33-53(57)51(7,8)38-45(54)39-52(53,9)56/h22-23,25-29,32-35,37,45,47,54,56-57H,10-21,24,36,38-40H2,1-9H3/b25-22+,26-23+,33-32+,34-27+,41-28+,42-29+,46-35-/t45-,47+,52+,53+/m0/s1. The number of carbonyl (C=O) groups excluding carboxylic acids is 1. The molecule has 0 radical (unpaired) electrons. The lowest BCUT2D eigenvalue weighted by atomic mass is 9.57. The van der Waals surface area contributed by atoms with Gasteiger partial charge >= 0.3 is 5.97 Å². The molecule has 3 aliphatic rings. The van der Waals surface area contributed by atoms with Crippen LogP contribution in [0, 0.1) is 22.7 Å². The molecule has 3 rings (SSSR count). The summed E-state index contributed by atoms with van der Waals surface area (Å²) in [5.41, 5.74) is 0.598. The van der Waals surface area contributed by atoms with Crippen molar-refractivity contribution in [3.05, 3.63) is 107 Å². The first-order chi connectivity index (χ1) is 27.9. The number of allylic oxidation sites excluding steroid dienone is 12. The quantitative estimate of drug-likeness (QED) is 0.0351. The number of unbranched alkanes of at least 4 members (excludes halogenated alkanes) is 12. The largest absolute Gasteiger partial charge is 0.498 e. The number of ether oxygens (including phenoxy) is 2. The second-order valence-corrected chi connectivity index (χ2v) is 18.9. The molecule has 6 nitrogen and oxygen atoms in total. The maximum Gasteiger partial charge on any atom is 0.343 e. The topological polar surface area (TPSA) is 96.2 Å². The van der Waals surface area contributed by atoms with Gasteiger partial charge in [0, 0.05) is 29.2 Å². The van der Waals surface area contributed by atoms with Gasteiger partial charge in [0.25, 0.3) is 0 Å². The van der Waals surface area contributed by atoms with Crippen LogP contribution in [0.5, 0.6) is 0 Å². The Morgan fingerprint density at radius 1 is 0.864 bits per heavy atom. The number of aliphatic hydroxyl groups excluding tert-OH is 1. The Labute approximate surface area is 358 Å². The highest BCUT2D eigenvalue weighted by molar-refractivity contribution is 5.95. The summed E-state index contributed by atoms with van der Waals surface area (Å²) in [5, 5.41) is 32.7. The molecular weight excluding hydrogens is 733 g/mol. The lowest BCUT2D eigenvalue weighted by molar-refractivity contribution is -0.216. The predicted molar refractivity (Wildman–Crippen MR) is 245 cm³/mol. The van der Waals surface area contributed by atoms with E-state index in [4.69, 9.17) is 9.47 Å². The van der Waals surface area contributed by atoms with Gasteiger partial charge in [-0.2, -0.15) is 0 Å². The molecule has 0 aromatic carbocycles. The van der Waals surface area contributed by atoms with Gasteiger partial charge in [-0.3, -0.25) is 0 Å². The molecule has 3 N–H and O–H groups in total. The first-order valence-electron chi connectivity index (χ1n) is 22.6. The van der Waals surface area contributed by atoms with Crippen LogP contribution in [0.4, 0.5) is 0 Å². The molecule has 0 aromatic rings. The number of carbonyl (C=O) groups is 1. The van der Waals surface area contributed by atoms with Crippen LogP contribution in [0.3, 0.4) is 0 Å². The van der Waals surface area contributed by atoms with E-state index in [9.17, 15) is 20.1 Å². The molecule has 0 saturated heterocycles. The Balaban J connectivity index is 1.43. The number of esters is 1. The van der Waals surface area contributed by atoms with Gasteiger partial charge < -0.3 is 24.8 Å². The Kier molecular flexibility index (Phi) is 20.2. The highest BCUT2D eigenvalue weighted by atomic mass is 16.5. The third-order valence-corrected chi connectivity index (χ3v) is 12.2. The number of cyclic esters (lactones) is 1. The van der Waals surface area contributed by atoms with Gasteiger partial charge in [-0.15, -0.1) is 0 Å². The Hall–Kier alpha value is -3.63. The van der Waals surface area contributed by atoms with Crippen LogP contribution in [0.15, 0.2) is 107 Å². The fourth-order valence-corrected chi connectivity index (χ4v) is 8.86. The molecule has 0 aromatic heterocycles. The Morgan fingerprint density at radius 3 is 2.08 bits per heavy atom. The van der Waals surface area contributed by atoms with Gasteiger partial charge in [-0.05, 0) is 94.9 Å². The monoisotopic (exact) mass is 811 g/mol. The fourth-order valence-electron chi connectivity index (χ4n) is 8.86. The molecule has 59 heavy (non-hydrogen) atoms. The fraction of sp³-hybridized carbons (Fsp3) is 0.604. The van der Waals surface area contributed by atoms with E-state index in [0.29, 0.717) is 12.2 Å². The first kappa shape index (κ1) is 49.7. The Bertz CT molecular complexity index is 1700. The molecule has 4 atom stereocenters. The summed E-state index contributed by atoms with van der Waals surface area (Å²) < 4.78 is 11.6. The molecule has 2 aliphatic carbocycles. The van der Waals surface area contributed by atoms with Crippen LogP contribution in [0.1, 0.15) is 171 Å². The van der Waals surface area contributed by atoms with Crippen LogP contribution < -0.4 is 0 Å². The van der Waals surface area contributed by atoms with E-state index in [1.807, 2.05) is 56.6 Å². The highest BCUT2D eigenvalue weighted by Gasteiger charge is 2.58. The molecule has 1 heterocycles. The minimum atomic E-state index is -1.65. The van der Waals surface area contributed by atoms with Crippen LogP contribution >= 0.6 is 0 Å². The average molecular weight is 811 g/mol. The second kappa shape index (κ2) is 24.0. The molecule has 0 bridgehead atoms. The van der Waals surface area contributed by atoms with E-state index in [1.54, 1.807) is 26.0 Å². The number of hydrogen-bond acceptors (Lipinski definition) is 6. The summed E-state index contributed by atoms with van der Waals surface area (Å²) in [5.74, 6) is 6.72. The van der Waals surface area contributed by atoms with E-state index >= 15 is 0 Å². The molecule has 1 saturated carbocycles. The smallest absolute Gasteiger partial charge is 0.343 e. The summed E-state index contributed by atoms with van der Waals surface area (Å²) in [7, 11) is 0. The van der Waals surface area contributed by atoms with E-state index in [-0.39, 0.29) is 23.5 Å². The highest BCUT2D eigenvalue weighted by Crippen LogP contribution is 2.50. The summed E-state index contributed by atoms with van der Waals surface area (Å²) >= 11 is 0. The molecular formula is C53H78O6. The molecule has 0 spiro atoms. The summed E-state index contributed by atoms with van der Waals surface area (Å²) in [4.78, 5) is 12.6. The third kappa shape index (κ3) is 16.1. The van der Waals surface area contributed by atoms with Gasteiger partial charge in [-0.25, -0.2) is 4.79 Å². The molecule has 1 fully saturated rings. The van der Waals surface area contributed by atoms with Crippen LogP contribution in [-0.4, -0.2) is 44.7 Å². The molecule has 326 valence electrons. The van der Waals surface area contributed by atoms with E-state index in [2.05, 4.69) is 45.6 Å². The number of rotatable bonds is 21. The maximum absolute atomic E-state index is 12.6. The lowest BCUT2D eigenvalue weighted by Gasteiger charge is -2.54. The molecule has 0 unspecified atom stereocenters. The third-order valence-electron chi connectivity index (χ3n) is 12.2. The van der Waals surface area contributed by atoms with E-state index in [0.717, 1.165) is 30.4 Å². The van der Waals surface area contributed by atoms with Gasteiger partial charge in [-0.1, -0.05) is 159 Å². The van der Waals surface area contributed by atoms with Crippen molar-refractivity contribution in [2.24, 2.45) is 10.8 Å².